The van der Waals surface area contributed by atoms with Crippen LogP contribution in [-0.2, 0) is 18.4 Å². The summed E-state index contributed by atoms with van der Waals surface area (Å²) in [6.07, 6.45) is 83.5. The molecule has 1 amide bonds. The SMILES string of the molecule is CCCCCCC/C=C\C/C=C\CCCCCCCCCCCCCCCCCCCCCCCCCC(=O)NC(COP(=O)([O-])OCC[N+](C)(C)C)C(O)/C=C/CC/C=C/CC/C=C/CCCCCCCCCCCCCC. The number of likely N-dealkylation sites (N-methyl/N-ethyl adjacent to an activating group) is 1. The minimum Gasteiger partial charge on any atom is -0.756 e. The van der Waals surface area contributed by atoms with Gasteiger partial charge >= 0.3 is 0 Å². The van der Waals surface area contributed by atoms with Crippen LogP contribution in [0.5, 0.6) is 0 Å². The van der Waals surface area contributed by atoms with E-state index in [1.54, 1.807) is 6.08 Å². The van der Waals surface area contributed by atoms with E-state index in [0.717, 1.165) is 51.4 Å². The molecule has 9 heteroatoms. The number of hydrogen-bond acceptors (Lipinski definition) is 6. The Balaban J connectivity index is 4.06. The van der Waals surface area contributed by atoms with E-state index < -0.39 is 26.6 Å². The third-order valence-corrected chi connectivity index (χ3v) is 16.4. The van der Waals surface area contributed by atoms with Crippen molar-refractivity contribution < 1.29 is 32.9 Å². The predicted octanol–water partition coefficient (Wildman–Crippen LogP) is 21.0. The third kappa shape index (κ3) is 63.6. The standard InChI is InChI=1S/C70H133N2O6P/c1-6-8-10-12-14-16-18-20-22-24-26-28-30-31-32-33-34-35-36-37-38-39-40-41-42-44-46-48-50-52-54-56-58-60-62-64-70(74)71-68(67-78-79(75,76)77-66-65-72(3,4)5)69(73)63-61-59-57-55-53-51-49-47-45-43-29-27-25-23-21-19-17-15-13-11-9-7-2/h18,20,24,26,45,47,53,55,61,63,68-69,73H,6-17,19,21-23,25,27-44,46,48-52,54,56-60,62,64-67H2,1-5H3,(H-,71,74,75,76)/b20-18-,26-24-,47-45+,55-53+,63-61+. The molecule has 0 saturated carbocycles. The first-order valence-corrected chi connectivity index (χ1v) is 35.6. The van der Waals surface area contributed by atoms with Gasteiger partial charge in [-0.1, -0.05) is 306 Å². The molecule has 0 aromatic rings. The van der Waals surface area contributed by atoms with Crippen LogP contribution in [0.25, 0.3) is 0 Å². The molecule has 8 nitrogen and oxygen atoms in total. The number of aliphatic hydroxyl groups is 1. The molecule has 0 aromatic carbocycles. The predicted molar refractivity (Wildman–Crippen MR) is 344 cm³/mol. The molecule has 79 heavy (non-hydrogen) atoms. The van der Waals surface area contributed by atoms with Gasteiger partial charge in [0, 0.05) is 6.42 Å². The molecule has 0 aromatic heterocycles. The summed E-state index contributed by atoms with van der Waals surface area (Å²) in [5.74, 6) is -0.206. The fourth-order valence-corrected chi connectivity index (χ4v) is 10.8. The zero-order valence-corrected chi connectivity index (χ0v) is 54.0. The molecule has 3 unspecified atom stereocenters. The smallest absolute Gasteiger partial charge is 0.268 e. The summed E-state index contributed by atoms with van der Waals surface area (Å²) in [6, 6.07) is -0.911. The molecule has 0 rings (SSSR count). The molecular formula is C70H133N2O6P. The van der Waals surface area contributed by atoms with Gasteiger partial charge in [0.2, 0.25) is 5.91 Å². The zero-order valence-electron chi connectivity index (χ0n) is 53.1. The molecule has 0 fully saturated rings. The van der Waals surface area contributed by atoms with Crippen LogP contribution in [0, 0.1) is 0 Å². The summed E-state index contributed by atoms with van der Waals surface area (Å²) < 4.78 is 23.4. The van der Waals surface area contributed by atoms with Crippen molar-refractivity contribution in [3.8, 4) is 0 Å². The lowest BCUT2D eigenvalue weighted by Crippen LogP contribution is -2.45. The van der Waals surface area contributed by atoms with Gasteiger partial charge in [-0.15, -0.1) is 0 Å². The van der Waals surface area contributed by atoms with Crippen LogP contribution in [0.4, 0.5) is 0 Å². The number of hydrogen-bond donors (Lipinski definition) is 2. The second-order valence-corrected chi connectivity index (χ2v) is 25.9. The molecule has 0 bridgehead atoms. The largest absolute Gasteiger partial charge is 0.756 e. The van der Waals surface area contributed by atoms with Crippen molar-refractivity contribution in [2.45, 2.75) is 341 Å². The number of phosphoric ester groups is 1. The fourth-order valence-electron chi connectivity index (χ4n) is 10.1. The summed E-state index contributed by atoms with van der Waals surface area (Å²) in [5.41, 5.74) is 0. The normalized spacial score (nSPS) is 14.1. The molecule has 0 heterocycles. The van der Waals surface area contributed by atoms with E-state index in [1.165, 1.54) is 257 Å². The average molecular weight is 1130 g/mol. The van der Waals surface area contributed by atoms with Crippen molar-refractivity contribution in [1.82, 2.24) is 5.32 Å². The Kier molecular flexibility index (Phi) is 59.4. The van der Waals surface area contributed by atoms with E-state index in [0.29, 0.717) is 17.4 Å². The van der Waals surface area contributed by atoms with E-state index in [2.05, 4.69) is 67.8 Å². The second-order valence-electron chi connectivity index (χ2n) is 24.5. The first-order valence-electron chi connectivity index (χ1n) is 34.2. The minimum atomic E-state index is -4.61. The lowest BCUT2D eigenvalue weighted by Gasteiger charge is -2.29. The van der Waals surface area contributed by atoms with Crippen LogP contribution in [0.3, 0.4) is 0 Å². The highest BCUT2D eigenvalue weighted by Gasteiger charge is 2.23. The molecular weight excluding hydrogens is 996 g/mol. The van der Waals surface area contributed by atoms with Gasteiger partial charge in [-0.05, 0) is 77.0 Å². The van der Waals surface area contributed by atoms with Crippen LogP contribution in [0.2, 0.25) is 0 Å². The number of aliphatic hydroxyl groups excluding tert-OH is 1. The van der Waals surface area contributed by atoms with Crippen molar-refractivity contribution in [2.24, 2.45) is 0 Å². The Morgan fingerprint density at radius 1 is 0.443 bits per heavy atom. The lowest BCUT2D eigenvalue weighted by atomic mass is 10.0. The van der Waals surface area contributed by atoms with E-state index >= 15 is 0 Å². The number of unbranched alkanes of at least 4 members (excludes halogenated alkanes) is 42. The molecule has 2 N–H and O–H groups in total. The highest BCUT2D eigenvalue weighted by molar-refractivity contribution is 7.45. The molecule has 3 atom stereocenters. The highest BCUT2D eigenvalue weighted by Crippen LogP contribution is 2.38. The highest BCUT2D eigenvalue weighted by atomic mass is 31.2. The fraction of sp³-hybridized carbons (Fsp3) is 0.843. The first kappa shape index (κ1) is 77.2. The van der Waals surface area contributed by atoms with E-state index in [4.69, 9.17) is 9.05 Å². The van der Waals surface area contributed by atoms with Gasteiger partial charge in [0.1, 0.15) is 13.2 Å². The van der Waals surface area contributed by atoms with Gasteiger partial charge in [-0.3, -0.25) is 9.36 Å². The van der Waals surface area contributed by atoms with Crippen LogP contribution >= 0.6 is 7.82 Å². The summed E-state index contributed by atoms with van der Waals surface area (Å²) in [7, 11) is 1.24. The number of carbonyl (C=O) groups is 1. The van der Waals surface area contributed by atoms with Crippen molar-refractivity contribution in [1.29, 1.82) is 0 Å². The van der Waals surface area contributed by atoms with Crippen LogP contribution in [0.1, 0.15) is 328 Å². The van der Waals surface area contributed by atoms with Crippen molar-refractivity contribution >= 4 is 13.7 Å². The number of carbonyl (C=O) groups excluding carboxylic acids is 1. The monoisotopic (exact) mass is 1130 g/mol. The lowest BCUT2D eigenvalue weighted by molar-refractivity contribution is -0.870. The van der Waals surface area contributed by atoms with Gasteiger partial charge in [-0.25, -0.2) is 0 Å². The number of nitrogens with one attached hydrogen (secondary N) is 1. The van der Waals surface area contributed by atoms with E-state index in [-0.39, 0.29) is 12.5 Å². The average Bonchev–Trinajstić information content (AvgIpc) is 3.42. The molecule has 0 aliphatic carbocycles. The van der Waals surface area contributed by atoms with Gasteiger partial charge < -0.3 is 28.8 Å². The van der Waals surface area contributed by atoms with Crippen LogP contribution in [-0.4, -0.2) is 68.5 Å². The van der Waals surface area contributed by atoms with Crippen molar-refractivity contribution in [3.05, 3.63) is 60.8 Å². The Bertz CT molecular complexity index is 1470. The number of phosphoric acid groups is 1. The zero-order chi connectivity index (χ0) is 57.7. The summed E-state index contributed by atoms with van der Waals surface area (Å²) in [6.45, 7) is 4.65. The third-order valence-electron chi connectivity index (χ3n) is 15.4. The van der Waals surface area contributed by atoms with Gasteiger partial charge in [-0.2, -0.15) is 0 Å². The Morgan fingerprint density at radius 2 is 0.747 bits per heavy atom. The molecule has 464 valence electrons. The number of quaternary nitrogens is 1. The van der Waals surface area contributed by atoms with Gasteiger partial charge in [0.25, 0.3) is 7.82 Å². The first-order chi connectivity index (χ1) is 38.5. The quantitative estimate of drug-likeness (QED) is 0.0272. The number of amides is 1. The second kappa shape index (κ2) is 60.8. The Labute approximate surface area is 492 Å². The molecule has 0 aliphatic heterocycles. The number of allylic oxidation sites excluding steroid dienone is 9. The molecule has 0 spiro atoms. The maximum absolute atomic E-state index is 13.0. The molecule has 0 aliphatic rings. The van der Waals surface area contributed by atoms with E-state index in [9.17, 15) is 19.4 Å². The topological polar surface area (TPSA) is 108 Å². The Morgan fingerprint density at radius 3 is 1.10 bits per heavy atom. The Hall–Kier alpha value is -1.80. The van der Waals surface area contributed by atoms with Crippen LogP contribution < -0.4 is 10.2 Å². The maximum Gasteiger partial charge on any atom is 0.268 e. The summed E-state index contributed by atoms with van der Waals surface area (Å²) in [4.78, 5) is 25.6. The number of rotatable bonds is 63. The minimum absolute atomic E-state index is 0.00870. The van der Waals surface area contributed by atoms with E-state index in [1.807, 2.05) is 27.2 Å². The van der Waals surface area contributed by atoms with Crippen molar-refractivity contribution in [3.63, 3.8) is 0 Å². The summed E-state index contributed by atoms with van der Waals surface area (Å²) in [5, 5.41) is 13.9. The number of nitrogens with zero attached hydrogens (tertiary/aromatic N) is 1. The van der Waals surface area contributed by atoms with Gasteiger partial charge in [0.15, 0.2) is 0 Å². The van der Waals surface area contributed by atoms with Gasteiger partial charge in [0.05, 0.1) is 39.9 Å². The maximum atomic E-state index is 13.0. The molecule has 0 radical (unpaired) electrons. The molecule has 0 saturated heterocycles. The van der Waals surface area contributed by atoms with Crippen LogP contribution in [0.15, 0.2) is 60.8 Å². The summed E-state index contributed by atoms with van der Waals surface area (Å²) >= 11 is 0. The van der Waals surface area contributed by atoms with Crippen molar-refractivity contribution in [2.75, 3.05) is 40.9 Å².